The molecule has 0 bridgehead atoms. The summed E-state index contributed by atoms with van der Waals surface area (Å²) >= 11 is 5.97. The first-order valence-corrected chi connectivity index (χ1v) is 11.3. The van der Waals surface area contributed by atoms with Crippen LogP contribution in [-0.2, 0) is 17.8 Å². The molecular formula is C27H27ClNNaO3. The van der Waals surface area contributed by atoms with Crippen molar-refractivity contribution in [2.75, 3.05) is 6.54 Å². The number of rotatable bonds is 10. The van der Waals surface area contributed by atoms with Gasteiger partial charge in [-0.3, -0.25) is 4.79 Å². The summed E-state index contributed by atoms with van der Waals surface area (Å²) in [5, 5.41) is 11.6. The Morgan fingerprint density at radius 1 is 0.848 bits per heavy atom. The molecule has 0 unspecified atom stereocenters. The number of carboxylic acid groups (broad SMARTS) is 1. The standard InChI is InChI=1S/C27H28ClNO3.Na/c1-2-3-4-26(30)29(18-17-20-7-15-25(28)16-8-20)19-21-5-9-22(10-6-21)23-11-13-24(14-12-23)27(31)32;/h5-16H,2-4,17-19H2,1H3,(H,31,32);/q;+1/p-1. The minimum Gasteiger partial charge on any atom is -0.545 e. The normalized spacial score (nSPS) is 10.4. The molecule has 0 spiro atoms. The van der Waals surface area contributed by atoms with E-state index in [0.29, 0.717) is 24.5 Å². The maximum Gasteiger partial charge on any atom is 1.00 e. The average Bonchev–Trinajstić information content (AvgIpc) is 2.81. The number of benzene rings is 3. The van der Waals surface area contributed by atoms with Gasteiger partial charge in [-0.15, -0.1) is 0 Å². The summed E-state index contributed by atoms with van der Waals surface area (Å²) in [7, 11) is 0. The van der Waals surface area contributed by atoms with Gasteiger partial charge >= 0.3 is 29.6 Å². The van der Waals surface area contributed by atoms with Gasteiger partial charge in [-0.25, -0.2) is 0 Å². The Labute approximate surface area is 222 Å². The molecule has 0 atom stereocenters. The van der Waals surface area contributed by atoms with Crippen molar-refractivity contribution in [2.45, 2.75) is 39.2 Å². The van der Waals surface area contributed by atoms with Crippen LogP contribution in [-0.4, -0.2) is 23.3 Å². The van der Waals surface area contributed by atoms with Crippen LogP contribution in [0.25, 0.3) is 11.1 Å². The predicted molar refractivity (Wildman–Crippen MR) is 126 cm³/mol. The number of unbranched alkanes of at least 4 members (excludes halogenated alkanes) is 1. The zero-order chi connectivity index (χ0) is 22.9. The van der Waals surface area contributed by atoms with Gasteiger partial charge in [0.1, 0.15) is 0 Å². The summed E-state index contributed by atoms with van der Waals surface area (Å²) in [5.74, 6) is -1.01. The predicted octanol–water partition coefficient (Wildman–Crippen LogP) is 2.14. The fourth-order valence-electron chi connectivity index (χ4n) is 3.51. The molecule has 0 aliphatic rings. The summed E-state index contributed by atoms with van der Waals surface area (Å²) in [6.45, 7) is 3.29. The molecule has 3 rings (SSSR count). The van der Waals surface area contributed by atoms with Crippen molar-refractivity contribution in [2.24, 2.45) is 0 Å². The molecule has 0 saturated carbocycles. The van der Waals surface area contributed by atoms with Crippen molar-refractivity contribution in [1.82, 2.24) is 4.90 Å². The molecule has 4 nitrogen and oxygen atoms in total. The number of carbonyl (C=O) groups excluding carboxylic acids is 2. The van der Waals surface area contributed by atoms with E-state index in [-0.39, 0.29) is 41.0 Å². The number of halogens is 1. The Bertz CT molecular complexity index is 1030. The van der Waals surface area contributed by atoms with Crippen molar-refractivity contribution in [3.8, 4) is 11.1 Å². The van der Waals surface area contributed by atoms with Crippen molar-refractivity contribution < 1.29 is 44.3 Å². The number of hydrogen-bond donors (Lipinski definition) is 0. The van der Waals surface area contributed by atoms with Gasteiger partial charge < -0.3 is 14.8 Å². The van der Waals surface area contributed by atoms with E-state index in [1.807, 2.05) is 53.4 Å². The number of carboxylic acids is 1. The van der Waals surface area contributed by atoms with Crippen molar-refractivity contribution >= 4 is 23.5 Å². The maximum absolute atomic E-state index is 12.8. The molecule has 1 amide bonds. The molecule has 0 radical (unpaired) electrons. The number of amides is 1. The van der Waals surface area contributed by atoms with E-state index in [0.717, 1.165) is 41.5 Å². The SMILES string of the molecule is CCCCC(=O)N(CCc1ccc(Cl)cc1)Cc1ccc(-c2ccc(C(=O)[O-])cc2)cc1.[Na+]. The topological polar surface area (TPSA) is 60.4 Å². The van der Waals surface area contributed by atoms with E-state index < -0.39 is 5.97 Å². The molecular weight excluding hydrogens is 445 g/mol. The molecule has 6 heteroatoms. The van der Waals surface area contributed by atoms with Gasteiger partial charge in [0, 0.05) is 24.5 Å². The molecule has 0 saturated heterocycles. The van der Waals surface area contributed by atoms with Crippen LogP contribution >= 0.6 is 11.6 Å². The summed E-state index contributed by atoms with van der Waals surface area (Å²) in [5.41, 5.74) is 4.29. The molecule has 0 heterocycles. The van der Waals surface area contributed by atoms with Crippen molar-refractivity contribution in [3.05, 3.63) is 94.5 Å². The second-order valence-corrected chi connectivity index (χ2v) is 8.29. The number of carbonyl (C=O) groups is 2. The van der Waals surface area contributed by atoms with E-state index in [9.17, 15) is 14.7 Å². The summed E-state index contributed by atoms with van der Waals surface area (Å²) in [6.07, 6.45) is 3.21. The first-order chi connectivity index (χ1) is 15.5. The smallest absolute Gasteiger partial charge is 0.545 e. The van der Waals surface area contributed by atoms with E-state index in [4.69, 9.17) is 11.6 Å². The average molecular weight is 472 g/mol. The van der Waals surface area contributed by atoms with Gasteiger partial charge in [-0.05, 0) is 52.8 Å². The van der Waals surface area contributed by atoms with Crippen molar-refractivity contribution in [1.29, 1.82) is 0 Å². The molecule has 0 aliphatic heterocycles. The van der Waals surface area contributed by atoms with Gasteiger partial charge in [-0.2, -0.15) is 0 Å². The van der Waals surface area contributed by atoms with Crippen LogP contribution in [0.5, 0.6) is 0 Å². The van der Waals surface area contributed by atoms with Crippen LogP contribution < -0.4 is 34.7 Å². The molecule has 0 aliphatic carbocycles. The number of aromatic carboxylic acids is 1. The monoisotopic (exact) mass is 471 g/mol. The van der Waals surface area contributed by atoms with E-state index in [1.165, 1.54) is 0 Å². The van der Waals surface area contributed by atoms with Crippen LogP contribution in [0.1, 0.15) is 47.7 Å². The van der Waals surface area contributed by atoms with Gasteiger partial charge in [0.05, 0.1) is 5.97 Å². The zero-order valence-corrected chi connectivity index (χ0v) is 22.0. The second kappa shape index (κ2) is 13.6. The molecule has 166 valence electrons. The quantitative estimate of drug-likeness (QED) is 0.426. The third-order valence-electron chi connectivity index (χ3n) is 5.46. The van der Waals surface area contributed by atoms with E-state index in [2.05, 4.69) is 6.92 Å². The van der Waals surface area contributed by atoms with Crippen LogP contribution in [0, 0.1) is 0 Å². The van der Waals surface area contributed by atoms with E-state index >= 15 is 0 Å². The van der Waals surface area contributed by atoms with Crippen molar-refractivity contribution in [3.63, 3.8) is 0 Å². The van der Waals surface area contributed by atoms with Crippen LogP contribution in [0.4, 0.5) is 0 Å². The third-order valence-corrected chi connectivity index (χ3v) is 5.71. The Morgan fingerprint density at radius 2 is 1.39 bits per heavy atom. The Hall–Kier alpha value is -2.11. The summed E-state index contributed by atoms with van der Waals surface area (Å²) in [6, 6.07) is 22.4. The zero-order valence-electron chi connectivity index (χ0n) is 19.2. The fourth-order valence-corrected chi connectivity index (χ4v) is 3.64. The molecule has 0 N–H and O–H groups in total. The summed E-state index contributed by atoms with van der Waals surface area (Å²) < 4.78 is 0. The van der Waals surface area contributed by atoms with E-state index in [1.54, 1.807) is 24.3 Å². The Morgan fingerprint density at radius 3 is 1.94 bits per heavy atom. The Kier molecular flexibility index (Phi) is 11.2. The number of nitrogens with zero attached hydrogens (tertiary/aromatic N) is 1. The van der Waals surface area contributed by atoms with Crippen LogP contribution in [0.2, 0.25) is 5.02 Å². The first kappa shape index (κ1) is 27.1. The van der Waals surface area contributed by atoms with Crippen LogP contribution in [0.15, 0.2) is 72.8 Å². The molecule has 3 aromatic carbocycles. The van der Waals surface area contributed by atoms with Gasteiger partial charge in [0.25, 0.3) is 0 Å². The van der Waals surface area contributed by atoms with Gasteiger partial charge in [-0.1, -0.05) is 85.6 Å². The second-order valence-electron chi connectivity index (χ2n) is 7.86. The number of hydrogen-bond acceptors (Lipinski definition) is 3. The minimum absolute atomic E-state index is 0. The Balaban J connectivity index is 0.00000385. The fraction of sp³-hybridized carbons (Fsp3) is 0.259. The maximum atomic E-state index is 12.8. The molecule has 0 fully saturated rings. The minimum atomic E-state index is -1.18. The largest absolute Gasteiger partial charge is 1.00 e. The first-order valence-electron chi connectivity index (χ1n) is 10.9. The molecule has 33 heavy (non-hydrogen) atoms. The van der Waals surface area contributed by atoms with Crippen LogP contribution in [0.3, 0.4) is 0 Å². The molecule has 3 aromatic rings. The molecule has 0 aromatic heterocycles. The summed E-state index contributed by atoms with van der Waals surface area (Å²) in [4.78, 5) is 25.7. The third kappa shape index (κ3) is 8.31. The van der Waals surface area contributed by atoms with Gasteiger partial charge in [0.15, 0.2) is 0 Å². The van der Waals surface area contributed by atoms with Gasteiger partial charge in [0.2, 0.25) is 5.91 Å².